The van der Waals surface area contributed by atoms with Crippen LogP contribution in [0.3, 0.4) is 0 Å². The molecule has 0 radical (unpaired) electrons. The minimum Gasteiger partial charge on any atom is -0.490 e. The Morgan fingerprint density at radius 3 is 2.68 bits per heavy atom. The molecule has 1 aromatic carbocycles. The zero-order valence-corrected chi connectivity index (χ0v) is 11.3. The van der Waals surface area contributed by atoms with Gasteiger partial charge in [-0.1, -0.05) is 31.0 Å². The Bertz CT molecular complexity index is 377. The summed E-state index contributed by atoms with van der Waals surface area (Å²) in [6, 6.07) is 7.62. The number of aliphatic hydroxyl groups is 1. The van der Waals surface area contributed by atoms with Gasteiger partial charge in [-0.15, -0.1) is 0 Å². The fraction of sp³-hybridized carbons (Fsp3) is 0.600. The summed E-state index contributed by atoms with van der Waals surface area (Å²) in [5.41, 5.74) is 6.58. The van der Waals surface area contributed by atoms with E-state index >= 15 is 0 Å². The predicted molar refractivity (Wildman–Crippen MR) is 74.0 cm³/mol. The number of benzene rings is 1. The summed E-state index contributed by atoms with van der Waals surface area (Å²) < 4.78 is 11.3. The van der Waals surface area contributed by atoms with Crippen molar-refractivity contribution >= 4 is 0 Å². The van der Waals surface area contributed by atoms with Crippen molar-refractivity contribution in [2.75, 3.05) is 13.2 Å². The van der Waals surface area contributed by atoms with Crippen molar-refractivity contribution in [3.63, 3.8) is 0 Å². The molecule has 4 nitrogen and oxygen atoms in total. The fourth-order valence-corrected chi connectivity index (χ4v) is 2.35. The lowest BCUT2D eigenvalue weighted by atomic mass is 10.2. The fourth-order valence-electron chi connectivity index (χ4n) is 2.35. The molecule has 4 heteroatoms. The Morgan fingerprint density at radius 2 is 1.95 bits per heavy atom. The van der Waals surface area contributed by atoms with E-state index in [1.165, 1.54) is 12.8 Å². The molecule has 1 aliphatic rings. The molecule has 1 atom stereocenters. The van der Waals surface area contributed by atoms with Gasteiger partial charge in [-0.2, -0.15) is 0 Å². The van der Waals surface area contributed by atoms with Gasteiger partial charge in [0, 0.05) is 12.1 Å². The molecule has 1 aromatic rings. The molecule has 0 aromatic heterocycles. The van der Waals surface area contributed by atoms with Crippen molar-refractivity contribution in [3.8, 4) is 5.75 Å². The Balaban J connectivity index is 1.71. The van der Waals surface area contributed by atoms with Crippen LogP contribution in [0.5, 0.6) is 5.75 Å². The highest BCUT2D eigenvalue weighted by Gasteiger charge is 2.17. The highest BCUT2D eigenvalue weighted by atomic mass is 16.5. The predicted octanol–water partition coefficient (Wildman–Crippen LogP) is 1.84. The molecule has 0 amide bonds. The first kappa shape index (κ1) is 14.3. The average molecular weight is 265 g/mol. The van der Waals surface area contributed by atoms with Crippen LogP contribution in [0.4, 0.5) is 0 Å². The van der Waals surface area contributed by atoms with Crippen LogP contribution >= 0.6 is 0 Å². The number of hydrogen-bond donors (Lipinski definition) is 2. The molecule has 1 unspecified atom stereocenters. The van der Waals surface area contributed by atoms with Crippen LogP contribution in [0.15, 0.2) is 24.3 Å². The zero-order chi connectivity index (χ0) is 13.5. The third-order valence-electron chi connectivity index (χ3n) is 3.45. The van der Waals surface area contributed by atoms with Crippen LogP contribution in [0.25, 0.3) is 0 Å². The molecule has 3 N–H and O–H groups in total. The zero-order valence-electron chi connectivity index (χ0n) is 11.3. The van der Waals surface area contributed by atoms with Gasteiger partial charge in [-0.3, -0.25) is 0 Å². The van der Waals surface area contributed by atoms with Crippen LogP contribution in [0, 0.1) is 0 Å². The molecule has 1 aliphatic carbocycles. The number of ether oxygens (including phenoxy) is 2. The number of hydrogen-bond acceptors (Lipinski definition) is 4. The summed E-state index contributed by atoms with van der Waals surface area (Å²) in [5, 5.41) is 9.85. The molecule has 1 fully saturated rings. The van der Waals surface area contributed by atoms with E-state index in [0.717, 1.165) is 24.2 Å². The summed E-state index contributed by atoms with van der Waals surface area (Å²) in [6.07, 6.45) is 4.44. The smallest absolute Gasteiger partial charge is 0.123 e. The highest BCUT2D eigenvalue weighted by Crippen LogP contribution is 2.21. The molecule has 106 valence electrons. The van der Waals surface area contributed by atoms with Crippen LogP contribution in [0.2, 0.25) is 0 Å². The van der Waals surface area contributed by atoms with Gasteiger partial charge < -0.3 is 20.3 Å². The van der Waals surface area contributed by atoms with E-state index in [4.69, 9.17) is 15.2 Å². The Morgan fingerprint density at radius 1 is 1.21 bits per heavy atom. The third kappa shape index (κ3) is 4.49. The first-order valence-corrected chi connectivity index (χ1v) is 7.00. The van der Waals surface area contributed by atoms with Gasteiger partial charge in [0.05, 0.1) is 12.7 Å². The third-order valence-corrected chi connectivity index (χ3v) is 3.45. The van der Waals surface area contributed by atoms with Crippen LogP contribution in [0.1, 0.15) is 31.2 Å². The first-order valence-electron chi connectivity index (χ1n) is 7.00. The van der Waals surface area contributed by atoms with E-state index in [0.29, 0.717) is 19.3 Å². The molecule has 2 rings (SSSR count). The Hall–Kier alpha value is -1.10. The van der Waals surface area contributed by atoms with E-state index in [1.54, 1.807) is 0 Å². The lowest BCUT2D eigenvalue weighted by Gasteiger charge is -2.17. The van der Waals surface area contributed by atoms with Gasteiger partial charge in [0.15, 0.2) is 0 Å². The van der Waals surface area contributed by atoms with E-state index in [2.05, 4.69) is 0 Å². The van der Waals surface area contributed by atoms with E-state index < -0.39 is 6.10 Å². The van der Waals surface area contributed by atoms with Crippen LogP contribution < -0.4 is 10.5 Å². The number of aliphatic hydroxyl groups excluding tert-OH is 1. The minimum absolute atomic E-state index is 0.240. The number of nitrogens with two attached hydrogens (primary N) is 1. The molecule has 19 heavy (non-hydrogen) atoms. The summed E-state index contributed by atoms with van der Waals surface area (Å²) in [7, 11) is 0. The second-order valence-corrected chi connectivity index (χ2v) is 5.02. The average Bonchev–Trinajstić information content (AvgIpc) is 2.96. The SMILES string of the molecule is NCc1ccccc1OCC(O)COC1CCCC1. The van der Waals surface area contributed by atoms with Gasteiger partial charge in [0.2, 0.25) is 0 Å². The second kappa shape index (κ2) is 7.48. The number of rotatable bonds is 7. The topological polar surface area (TPSA) is 64.7 Å². The van der Waals surface area contributed by atoms with Gasteiger partial charge in [0.25, 0.3) is 0 Å². The van der Waals surface area contributed by atoms with Crippen molar-refractivity contribution < 1.29 is 14.6 Å². The minimum atomic E-state index is -0.591. The maximum Gasteiger partial charge on any atom is 0.123 e. The molecular weight excluding hydrogens is 242 g/mol. The van der Waals surface area contributed by atoms with Crippen LogP contribution in [-0.2, 0) is 11.3 Å². The lowest BCUT2D eigenvalue weighted by Crippen LogP contribution is -2.26. The van der Waals surface area contributed by atoms with E-state index in [1.807, 2.05) is 24.3 Å². The summed E-state index contributed by atoms with van der Waals surface area (Å²) in [4.78, 5) is 0. The van der Waals surface area contributed by atoms with Gasteiger partial charge in [0.1, 0.15) is 18.5 Å². The normalized spacial score (nSPS) is 17.6. The Labute approximate surface area is 114 Å². The molecule has 0 heterocycles. The first-order chi connectivity index (χ1) is 9.29. The number of para-hydroxylation sites is 1. The maximum absolute atomic E-state index is 9.85. The van der Waals surface area contributed by atoms with E-state index in [-0.39, 0.29) is 6.61 Å². The van der Waals surface area contributed by atoms with Crippen molar-refractivity contribution in [3.05, 3.63) is 29.8 Å². The summed E-state index contributed by atoms with van der Waals surface area (Å²) in [5.74, 6) is 0.741. The standard InChI is InChI=1S/C15H23NO3/c16-9-12-5-1-4-8-15(12)19-11-13(17)10-18-14-6-2-3-7-14/h1,4-5,8,13-14,17H,2-3,6-7,9-11,16H2. The molecule has 0 aliphatic heterocycles. The Kier molecular flexibility index (Phi) is 5.63. The summed E-state index contributed by atoms with van der Waals surface area (Å²) in [6.45, 7) is 1.02. The highest BCUT2D eigenvalue weighted by molar-refractivity contribution is 5.32. The quantitative estimate of drug-likeness (QED) is 0.789. The molecule has 0 spiro atoms. The van der Waals surface area contributed by atoms with E-state index in [9.17, 15) is 5.11 Å². The van der Waals surface area contributed by atoms with Crippen molar-refractivity contribution in [1.82, 2.24) is 0 Å². The second-order valence-electron chi connectivity index (χ2n) is 5.02. The van der Waals surface area contributed by atoms with Crippen molar-refractivity contribution in [2.24, 2.45) is 5.73 Å². The molecule has 0 bridgehead atoms. The monoisotopic (exact) mass is 265 g/mol. The maximum atomic E-state index is 9.85. The molecule has 0 saturated heterocycles. The largest absolute Gasteiger partial charge is 0.490 e. The lowest BCUT2D eigenvalue weighted by molar-refractivity contribution is -0.0220. The van der Waals surface area contributed by atoms with Crippen molar-refractivity contribution in [2.45, 2.75) is 44.4 Å². The molecule has 1 saturated carbocycles. The molecular formula is C15H23NO3. The van der Waals surface area contributed by atoms with Crippen LogP contribution in [-0.4, -0.2) is 30.5 Å². The van der Waals surface area contributed by atoms with Gasteiger partial charge >= 0.3 is 0 Å². The van der Waals surface area contributed by atoms with Gasteiger partial charge in [-0.25, -0.2) is 0 Å². The summed E-state index contributed by atoms with van der Waals surface area (Å²) >= 11 is 0. The van der Waals surface area contributed by atoms with Gasteiger partial charge in [-0.05, 0) is 18.9 Å². The van der Waals surface area contributed by atoms with Crippen molar-refractivity contribution in [1.29, 1.82) is 0 Å².